The zero-order chi connectivity index (χ0) is 17.6. The minimum Gasteiger partial charge on any atom is -0.319 e. The Hall–Kier alpha value is -2.18. The van der Waals surface area contributed by atoms with Crippen molar-refractivity contribution in [3.63, 3.8) is 0 Å². The van der Waals surface area contributed by atoms with Gasteiger partial charge in [-0.1, -0.05) is 35.9 Å². The van der Waals surface area contributed by atoms with E-state index in [9.17, 15) is 14.4 Å². The van der Waals surface area contributed by atoms with Crippen LogP contribution in [0.5, 0.6) is 0 Å². The van der Waals surface area contributed by atoms with Gasteiger partial charge in [0.05, 0.1) is 15.8 Å². The Balaban J connectivity index is 1.64. The number of nitrogens with zero attached hydrogens (tertiary/aromatic N) is 1. The van der Waals surface area contributed by atoms with Crippen LogP contribution in [-0.4, -0.2) is 29.2 Å². The Bertz CT molecular complexity index is 894. The van der Waals surface area contributed by atoms with Crippen LogP contribution < -0.4 is 5.32 Å². The largest absolute Gasteiger partial charge is 0.325 e. The van der Waals surface area contributed by atoms with Crippen molar-refractivity contribution in [2.45, 2.75) is 24.8 Å². The van der Waals surface area contributed by atoms with E-state index in [4.69, 9.17) is 11.6 Å². The quantitative estimate of drug-likeness (QED) is 0.661. The van der Waals surface area contributed by atoms with Gasteiger partial charge in [-0.05, 0) is 42.5 Å². The highest BCUT2D eigenvalue weighted by atomic mass is 35.5. The fourth-order valence-corrected chi connectivity index (χ4v) is 4.61. The Morgan fingerprint density at radius 3 is 2.80 bits per heavy atom. The van der Waals surface area contributed by atoms with Crippen molar-refractivity contribution in [1.82, 2.24) is 10.2 Å². The molecular formula is C18H15ClN2O3S. The molecule has 1 aromatic heterocycles. The minimum atomic E-state index is -1.04. The number of rotatable bonds is 3. The van der Waals surface area contributed by atoms with Gasteiger partial charge in [0.25, 0.3) is 5.91 Å². The summed E-state index contributed by atoms with van der Waals surface area (Å²) >= 11 is 7.00. The maximum Gasteiger partial charge on any atom is 0.325 e. The molecule has 3 amide bonds. The molecule has 1 fully saturated rings. The third-order valence-electron chi connectivity index (χ3n) is 4.80. The number of carbonyl (C=O) groups excluding carboxylic acids is 3. The maximum absolute atomic E-state index is 13.1. The lowest BCUT2D eigenvalue weighted by Gasteiger charge is -2.33. The molecule has 2 aliphatic rings. The van der Waals surface area contributed by atoms with Gasteiger partial charge >= 0.3 is 6.03 Å². The summed E-state index contributed by atoms with van der Waals surface area (Å²) in [6.07, 6.45) is 2.24. The van der Waals surface area contributed by atoms with Gasteiger partial charge in [-0.25, -0.2) is 4.79 Å². The SMILES string of the molecule is O=C(CN1C(=O)N[C@@]2(CCCc3ccccc32)C1=O)c1ccc(Cl)s1. The summed E-state index contributed by atoms with van der Waals surface area (Å²) in [5, 5.41) is 2.85. The van der Waals surface area contributed by atoms with Crippen LogP contribution in [0.3, 0.4) is 0 Å². The Morgan fingerprint density at radius 1 is 1.24 bits per heavy atom. The number of hydrogen-bond acceptors (Lipinski definition) is 4. The topological polar surface area (TPSA) is 66.5 Å². The molecule has 0 radical (unpaired) electrons. The molecule has 0 bridgehead atoms. The number of carbonyl (C=O) groups is 3. The molecule has 2 heterocycles. The van der Waals surface area contributed by atoms with Crippen LogP contribution >= 0.6 is 22.9 Å². The highest BCUT2D eigenvalue weighted by molar-refractivity contribution is 7.18. The third-order valence-corrected chi connectivity index (χ3v) is 6.07. The summed E-state index contributed by atoms with van der Waals surface area (Å²) in [5.41, 5.74) is 0.869. The summed E-state index contributed by atoms with van der Waals surface area (Å²) in [7, 11) is 0. The van der Waals surface area contributed by atoms with Crippen molar-refractivity contribution in [2.75, 3.05) is 6.54 Å². The molecule has 0 unspecified atom stereocenters. The normalized spacial score (nSPS) is 22.2. The van der Waals surface area contributed by atoms with E-state index in [2.05, 4.69) is 5.32 Å². The van der Waals surface area contributed by atoms with E-state index < -0.39 is 11.6 Å². The number of benzene rings is 1. The van der Waals surface area contributed by atoms with E-state index in [0.717, 1.165) is 40.2 Å². The van der Waals surface area contributed by atoms with Gasteiger partial charge < -0.3 is 5.32 Å². The Morgan fingerprint density at radius 2 is 2.04 bits per heavy atom. The standard InChI is InChI=1S/C18H15ClN2O3S/c19-15-8-7-14(25-15)13(22)10-21-16(23)18(20-17(21)24)9-3-5-11-4-1-2-6-12(11)18/h1-2,4,6-8H,3,5,9-10H2,(H,20,24)/t18-/m1/s1. The van der Waals surface area contributed by atoms with Crippen LogP contribution in [0.25, 0.3) is 0 Å². The molecule has 0 saturated carbocycles. The smallest absolute Gasteiger partial charge is 0.319 e. The summed E-state index contributed by atoms with van der Waals surface area (Å²) < 4.78 is 0.498. The second-order valence-electron chi connectivity index (χ2n) is 6.26. The van der Waals surface area contributed by atoms with Crippen molar-refractivity contribution in [1.29, 1.82) is 0 Å². The van der Waals surface area contributed by atoms with Crippen molar-refractivity contribution in [3.8, 4) is 0 Å². The second-order valence-corrected chi connectivity index (χ2v) is 7.98. The molecule has 1 atom stereocenters. The average molecular weight is 375 g/mol. The average Bonchev–Trinajstić information content (AvgIpc) is 3.13. The number of ketones is 1. The van der Waals surface area contributed by atoms with Crippen LogP contribution in [0, 0.1) is 0 Å². The molecular weight excluding hydrogens is 360 g/mol. The molecule has 1 aliphatic carbocycles. The van der Waals surface area contributed by atoms with Crippen molar-refractivity contribution < 1.29 is 14.4 Å². The number of amides is 3. The van der Waals surface area contributed by atoms with Crippen molar-refractivity contribution in [3.05, 3.63) is 56.7 Å². The Kier molecular flexibility index (Phi) is 3.89. The van der Waals surface area contributed by atoms with E-state index in [1.807, 2.05) is 24.3 Å². The molecule has 1 N–H and O–H groups in total. The second kappa shape index (κ2) is 5.97. The van der Waals surface area contributed by atoms with E-state index in [-0.39, 0.29) is 18.2 Å². The fraction of sp³-hybridized carbons (Fsp3) is 0.278. The molecule has 1 aromatic carbocycles. The Labute approximate surface area is 153 Å². The van der Waals surface area contributed by atoms with E-state index in [1.54, 1.807) is 12.1 Å². The molecule has 1 saturated heterocycles. The monoisotopic (exact) mass is 374 g/mol. The predicted molar refractivity (Wildman–Crippen MR) is 95.0 cm³/mol. The van der Waals surface area contributed by atoms with Gasteiger partial charge in [-0.3, -0.25) is 14.5 Å². The number of fused-ring (bicyclic) bond motifs is 2. The number of imide groups is 1. The number of Topliss-reactive ketones (excluding diaryl/α,β-unsaturated/α-hetero) is 1. The highest BCUT2D eigenvalue weighted by Gasteiger charge is 2.54. The first-order valence-corrected chi connectivity index (χ1v) is 9.22. The van der Waals surface area contributed by atoms with Gasteiger partial charge in [-0.2, -0.15) is 0 Å². The molecule has 7 heteroatoms. The van der Waals surface area contributed by atoms with Gasteiger partial charge in [-0.15, -0.1) is 11.3 Å². The summed E-state index contributed by atoms with van der Waals surface area (Å²) in [6.45, 7) is -0.272. The maximum atomic E-state index is 13.1. The van der Waals surface area contributed by atoms with E-state index in [1.165, 1.54) is 0 Å². The summed E-state index contributed by atoms with van der Waals surface area (Å²) in [6, 6.07) is 10.4. The number of nitrogens with one attached hydrogen (secondary N) is 1. The lowest BCUT2D eigenvalue weighted by molar-refractivity contribution is -0.131. The predicted octanol–water partition coefficient (Wildman–Crippen LogP) is 3.37. The lowest BCUT2D eigenvalue weighted by Crippen LogP contribution is -2.46. The van der Waals surface area contributed by atoms with Crippen LogP contribution in [0.4, 0.5) is 4.79 Å². The van der Waals surface area contributed by atoms with Gasteiger partial charge in [0.15, 0.2) is 5.78 Å². The summed E-state index contributed by atoms with van der Waals surface area (Å²) in [4.78, 5) is 39.4. The van der Waals surface area contributed by atoms with Crippen LogP contribution in [0.2, 0.25) is 4.34 Å². The number of hydrogen-bond donors (Lipinski definition) is 1. The first-order chi connectivity index (χ1) is 12.0. The number of aryl methyl sites for hydroxylation is 1. The van der Waals surface area contributed by atoms with Gasteiger partial charge in [0, 0.05) is 0 Å². The van der Waals surface area contributed by atoms with Crippen LogP contribution in [0.15, 0.2) is 36.4 Å². The number of urea groups is 1. The minimum absolute atomic E-state index is 0.272. The van der Waals surface area contributed by atoms with Crippen molar-refractivity contribution in [2.24, 2.45) is 0 Å². The van der Waals surface area contributed by atoms with Crippen LogP contribution in [0.1, 0.15) is 33.6 Å². The molecule has 128 valence electrons. The fourth-order valence-electron chi connectivity index (χ4n) is 3.64. The molecule has 5 nitrogen and oxygen atoms in total. The first kappa shape index (κ1) is 16.3. The summed E-state index contributed by atoms with van der Waals surface area (Å²) in [5.74, 6) is -0.637. The molecule has 4 rings (SSSR count). The highest BCUT2D eigenvalue weighted by Crippen LogP contribution is 2.40. The lowest BCUT2D eigenvalue weighted by atomic mass is 9.76. The third kappa shape index (κ3) is 2.56. The number of thiophene rings is 1. The van der Waals surface area contributed by atoms with Crippen molar-refractivity contribution >= 4 is 40.7 Å². The van der Waals surface area contributed by atoms with E-state index >= 15 is 0 Å². The van der Waals surface area contributed by atoms with Crippen LogP contribution in [-0.2, 0) is 16.8 Å². The molecule has 25 heavy (non-hydrogen) atoms. The first-order valence-electron chi connectivity index (χ1n) is 8.02. The molecule has 2 aromatic rings. The zero-order valence-electron chi connectivity index (χ0n) is 13.3. The zero-order valence-corrected chi connectivity index (χ0v) is 14.8. The van der Waals surface area contributed by atoms with Gasteiger partial charge in [0.2, 0.25) is 0 Å². The number of halogens is 1. The van der Waals surface area contributed by atoms with Gasteiger partial charge in [0.1, 0.15) is 5.54 Å². The molecule has 1 aliphatic heterocycles. The molecule has 1 spiro atoms. The van der Waals surface area contributed by atoms with E-state index in [0.29, 0.717) is 15.6 Å².